The number of hydrogen-bond donors (Lipinski definition) is 2. The van der Waals surface area contributed by atoms with Gasteiger partial charge in [0.15, 0.2) is 5.96 Å². The summed E-state index contributed by atoms with van der Waals surface area (Å²) in [6.07, 6.45) is 5.79. The Morgan fingerprint density at radius 1 is 1.35 bits per heavy atom. The van der Waals surface area contributed by atoms with Crippen molar-refractivity contribution in [2.24, 2.45) is 10.7 Å². The highest BCUT2D eigenvalue weighted by atomic mass is 127. The second-order valence-electron chi connectivity index (χ2n) is 5.45. The average molecular weight is 427 g/mol. The highest BCUT2D eigenvalue weighted by molar-refractivity contribution is 14.0. The van der Waals surface area contributed by atoms with E-state index in [9.17, 15) is 0 Å². The minimum atomic E-state index is 0. The second kappa shape index (κ2) is 10.3. The molecule has 1 unspecified atom stereocenters. The molecule has 0 aliphatic carbocycles. The smallest absolute Gasteiger partial charge is 0.193 e. The number of nitrogens with zero attached hydrogens (tertiary/aromatic N) is 3. The predicted molar refractivity (Wildman–Crippen MR) is 108 cm³/mol. The van der Waals surface area contributed by atoms with Crippen molar-refractivity contribution in [1.82, 2.24) is 9.78 Å². The molecule has 23 heavy (non-hydrogen) atoms. The lowest BCUT2D eigenvalue weighted by Crippen LogP contribution is -2.23. The van der Waals surface area contributed by atoms with Crippen LogP contribution in [-0.2, 0) is 6.54 Å². The van der Waals surface area contributed by atoms with Gasteiger partial charge in [0, 0.05) is 31.2 Å². The number of rotatable bonds is 7. The number of halogens is 1. The van der Waals surface area contributed by atoms with E-state index in [1.165, 1.54) is 5.56 Å². The summed E-state index contributed by atoms with van der Waals surface area (Å²) in [7, 11) is 0. The van der Waals surface area contributed by atoms with Gasteiger partial charge in [-0.15, -0.1) is 24.0 Å². The zero-order valence-electron chi connectivity index (χ0n) is 13.8. The van der Waals surface area contributed by atoms with Crippen LogP contribution in [0.25, 0.3) is 0 Å². The number of hydrogen-bond acceptors (Lipinski definition) is 2. The summed E-state index contributed by atoms with van der Waals surface area (Å²) in [4.78, 5) is 4.33. The molecule has 6 heteroatoms. The Bertz CT molecular complexity index is 578. The summed E-state index contributed by atoms with van der Waals surface area (Å²) in [5.41, 5.74) is 8.23. The van der Waals surface area contributed by atoms with Crippen molar-refractivity contribution < 1.29 is 0 Å². The summed E-state index contributed by atoms with van der Waals surface area (Å²) in [5, 5.41) is 7.28. The molecule has 0 bridgehead atoms. The third-order valence-electron chi connectivity index (χ3n) is 3.75. The maximum atomic E-state index is 5.91. The SMILES string of the molecule is CCC(C)c1ccc(NC(N)=NCCCn2cccn2)cc1.I. The first-order valence-corrected chi connectivity index (χ1v) is 7.83. The van der Waals surface area contributed by atoms with Gasteiger partial charge in [0.2, 0.25) is 0 Å². The van der Waals surface area contributed by atoms with Crippen LogP contribution in [0.2, 0.25) is 0 Å². The van der Waals surface area contributed by atoms with E-state index in [-0.39, 0.29) is 24.0 Å². The van der Waals surface area contributed by atoms with Crippen molar-refractivity contribution >= 4 is 35.6 Å². The van der Waals surface area contributed by atoms with Crippen molar-refractivity contribution in [1.29, 1.82) is 0 Å². The molecule has 1 heterocycles. The van der Waals surface area contributed by atoms with Crippen molar-refractivity contribution in [3.05, 3.63) is 48.3 Å². The highest BCUT2D eigenvalue weighted by Gasteiger charge is 2.02. The molecule has 126 valence electrons. The summed E-state index contributed by atoms with van der Waals surface area (Å²) in [6.45, 7) is 5.97. The van der Waals surface area contributed by atoms with Gasteiger partial charge in [-0.1, -0.05) is 26.0 Å². The highest BCUT2D eigenvalue weighted by Crippen LogP contribution is 2.20. The third-order valence-corrected chi connectivity index (χ3v) is 3.75. The van der Waals surface area contributed by atoms with Gasteiger partial charge in [0.05, 0.1) is 0 Å². The number of aromatic nitrogens is 2. The van der Waals surface area contributed by atoms with Crippen LogP contribution in [0.3, 0.4) is 0 Å². The molecular weight excluding hydrogens is 401 g/mol. The molecule has 1 aromatic carbocycles. The third kappa shape index (κ3) is 6.60. The summed E-state index contributed by atoms with van der Waals surface area (Å²) in [5.74, 6) is 1.04. The number of nitrogens with one attached hydrogen (secondary N) is 1. The van der Waals surface area contributed by atoms with Gasteiger partial charge >= 0.3 is 0 Å². The Morgan fingerprint density at radius 2 is 2.09 bits per heavy atom. The van der Waals surface area contributed by atoms with Gasteiger partial charge in [0.1, 0.15) is 0 Å². The summed E-state index contributed by atoms with van der Waals surface area (Å²) in [6, 6.07) is 10.3. The van der Waals surface area contributed by atoms with E-state index in [0.29, 0.717) is 18.4 Å². The normalized spacial score (nSPS) is 12.5. The molecule has 2 rings (SSSR count). The molecule has 0 aliphatic rings. The van der Waals surface area contributed by atoms with Crippen LogP contribution in [-0.4, -0.2) is 22.3 Å². The fourth-order valence-electron chi connectivity index (χ4n) is 2.18. The lowest BCUT2D eigenvalue weighted by Gasteiger charge is -2.10. The zero-order valence-corrected chi connectivity index (χ0v) is 16.1. The molecule has 0 aliphatic heterocycles. The summed E-state index contributed by atoms with van der Waals surface area (Å²) < 4.78 is 1.90. The van der Waals surface area contributed by atoms with Crippen molar-refractivity contribution in [2.45, 2.75) is 39.2 Å². The molecule has 0 fully saturated rings. The molecule has 1 atom stereocenters. The fourth-order valence-corrected chi connectivity index (χ4v) is 2.18. The van der Waals surface area contributed by atoms with Crippen molar-refractivity contribution in [2.75, 3.05) is 11.9 Å². The van der Waals surface area contributed by atoms with E-state index in [4.69, 9.17) is 5.73 Å². The van der Waals surface area contributed by atoms with E-state index >= 15 is 0 Å². The van der Waals surface area contributed by atoms with E-state index < -0.39 is 0 Å². The van der Waals surface area contributed by atoms with Crippen LogP contribution in [0.1, 0.15) is 38.2 Å². The average Bonchev–Trinajstić information content (AvgIpc) is 3.05. The lowest BCUT2D eigenvalue weighted by atomic mass is 9.99. The van der Waals surface area contributed by atoms with Gasteiger partial charge in [-0.3, -0.25) is 9.67 Å². The van der Waals surface area contributed by atoms with Crippen molar-refractivity contribution in [3.8, 4) is 0 Å². The molecule has 0 amide bonds. The van der Waals surface area contributed by atoms with E-state index in [1.54, 1.807) is 6.20 Å². The lowest BCUT2D eigenvalue weighted by molar-refractivity contribution is 0.585. The van der Waals surface area contributed by atoms with Crippen LogP contribution >= 0.6 is 24.0 Å². The van der Waals surface area contributed by atoms with E-state index in [0.717, 1.165) is 25.1 Å². The number of anilines is 1. The first kappa shape index (κ1) is 19.5. The van der Waals surface area contributed by atoms with Crippen LogP contribution in [0.4, 0.5) is 5.69 Å². The predicted octanol–water partition coefficient (Wildman–Crippen LogP) is 3.83. The molecule has 0 saturated heterocycles. The van der Waals surface area contributed by atoms with Crippen molar-refractivity contribution in [3.63, 3.8) is 0 Å². The number of nitrogens with two attached hydrogens (primary N) is 1. The molecular formula is C17H26IN5. The Morgan fingerprint density at radius 3 is 2.70 bits per heavy atom. The van der Waals surface area contributed by atoms with Crippen LogP contribution in [0.15, 0.2) is 47.7 Å². The van der Waals surface area contributed by atoms with Crippen LogP contribution in [0.5, 0.6) is 0 Å². The molecule has 0 spiro atoms. The minimum absolute atomic E-state index is 0. The number of aliphatic imine (C=N–C) groups is 1. The number of guanidine groups is 1. The first-order valence-electron chi connectivity index (χ1n) is 7.83. The monoisotopic (exact) mass is 427 g/mol. The molecule has 2 aromatic rings. The Kier molecular flexibility index (Phi) is 8.68. The zero-order chi connectivity index (χ0) is 15.8. The Hall–Kier alpha value is -1.57. The van der Waals surface area contributed by atoms with Gasteiger partial charge in [-0.05, 0) is 42.5 Å². The largest absolute Gasteiger partial charge is 0.370 e. The molecule has 1 aromatic heterocycles. The molecule has 3 N–H and O–H groups in total. The van der Waals surface area contributed by atoms with Gasteiger partial charge < -0.3 is 11.1 Å². The Labute approximate surface area is 155 Å². The second-order valence-corrected chi connectivity index (χ2v) is 5.45. The topological polar surface area (TPSA) is 68.2 Å². The van der Waals surface area contributed by atoms with Gasteiger partial charge in [-0.25, -0.2) is 0 Å². The molecule has 0 radical (unpaired) electrons. The van der Waals surface area contributed by atoms with E-state index in [1.807, 2.05) is 29.1 Å². The molecule has 5 nitrogen and oxygen atoms in total. The van der Waals surface area contributed by atoms with Gasteiger partial charge in [-0.2, -0.15) is 5.10 Å². The maximum absolute atomic E-state index is 5.91. The van der Waals surface area contributed by atoms with Gasteiger partial charge in [0.25, 0.3) is 0 Å². The quantitative estimate of drug-likeness (QED) is 0.306. The number of aryl methyl sites for hydroxylation is 1. The summed E-state index contributed by atoms with van der Waals surface area (Å²) >= 11 is 0. The minimum Gasteiger partial charge on any atom is -0.370 e. The van der Waals surface area contributed by atoms with Crippen LogP contribution in [0, 0.1) is 0 Å². The Balaban J connectivity index is 0.00000264. The molecule has 0 saturated carbocycles. The standard InChI is InChI=1S/C17H25N5.HI/c1-3-14(2)15-6-8-16(9-7-15)21-17(18)19-10-4-12-22-13-5-11-20-22;/h5-9,11,13-14H,3-4,10,12H2,1-2H3,(H3,18,19,21);1H. The fraction of sp³-hybridized carbons (Fsp3) is 0.412. The van der Waals surface area contributed by atoms with E-state index in [2.05, 4.69) is 41.4 Å². The number of benzene rings is 1. The maximum Gasteiger partial charge on any atom is 0.193 e. The first-order chi connectivity index (χ1) is 10.7. The van der Waals surface area contributed by atoms with Crippen LogP contribution < -0.4 is 11.1 Å².